The molecule has 3 unspecified atom stereocenters. The summed E-state index contributed by atoms with van der Waals surface area (Å²) < 4.78 is 32.6. The van der Waals surface area contributed by atoms with E-state index in [2.05, 4.69) is 91.3 Å². The summed E-state index contributed by atoms with van der Waals surface area (Å²) in [5, 5.41) is 18.3. The third-order valence-electron chi connectivity index (χ3n) is 8.34. The molecule has 11 heteroatoms. The molecular weight excluding hydrogens is 719 g/mol. The summed E-state index contributed by atoms with van der Waals surface area (Å²) in [6.07, 6.45) is 44.4. The van der Waals surface area contributed by atoms with E-state index in [0.717, 1.165) is 89.9 Å². The number of unbranched alkanes of at least 4 members (excludes halogenated alkanes) is 12. The van der Waals surface area contributed by atoms with E-state index in [4.69, 9.17) is 19.1 Å². The Bertz CT molecular complexity index is 1140. The van der Waals surface area contributed by atoms with Crippen molar-refractivity contribution in [3.05, 3.63) is 72.9 Å². The van der Waals surface area contributed by atoms with Crippen LogP contribution in [0.1, 0.15) is 155 Å². The number of phosphoric ester groups is 1. The monoisotopic (exact) mass is 795 g/mol. The van der Waals surface area contributed by atoms with Crippen LogP contribution in [0.2, 0.25) is 0 Å². The number of hydrogen-bond acceptors (Lipinski definition) is 9. The van der Waals surface area contributed by atoms with Crippen LogP contribution in [0.3, 0.4) is 0 Å². The van der Waals surface area contributed by atoms with Gasteiger partial charge in [0.2, 0.25) is 0 Å². The third-order valence-corrected chi connectivity index (χ3v) is 9.30. The number of ether oxygens (including phenoxy) is 2. The van der Waals surface area contributed by atoms with Crippen molar-refractivity contribution in [1.29, 1.82) is 0 Å². The fourth-order valence-electron chi connectivity index (χ4n) is 5.13. The molecule has 0 aromatic heterocycles. The molecule has 0 aliphatic heterocycles. The topological polar surface area (TPSA) is 149 Å². The molecule has 0 amide bonds. The van der Waals surface area contributed by atoms with E-state index in [1.54, 1.807) is 0 Å². The summed E-state index contributed by atoms with van der Waals surface area (Å²) in [7, 11) is -4.63. The van der Waals surface area contributed by atoms with Crippen LogP contribution in [-0.2, 0) is 32.7 Å². The minimum atomic E-state index is -4.63. The zero-order valence-electron chi connectivity index (χ0n) is 34.1. The lowest BCUT2D eigenvalue weighted by molar-refractivity contribution is -0.161. The first-order valence-electron chi connectivity index (χ1n) is 20.9. The van der Waals surface area contributed by atoms with Crippen molar-refractivity contribution >= 4 is 19.8 Å². The number of rotatable bonds is 38. The first-order chi connectivity index (χ1) is 26.7. The smallest absolute Gasteiger partial charge is 0.462 e. The average Bonchev–Trinajstić information content (AvgIpc) is 3.17. The molecule has 0 aliphatic rings. The Balaban J connectivity index is 4.41. The quantitative estimate of drug-likeness (QED) is 0.0239. The van der Waals surface area contributed by atoms with Gasteiger partial charge in [-0.3, -0.25) is 18.6 Å². The number of carbonyl (C=O) groups is 2. The van der Waals surface area contributed by atoms with Crippen molar-refractivity contribution in [1.82, 2.24) is 0 Å². The van der Waals surface area contributed by atoms with Crippen LogP contribution in [0, 0.1) is 0 Å². The Morgan fingerprint density at radius 3 is 1.55 bits per heavy atom. The highest BCUT2D eigenvalue weighted by atomic mass is 31.2. The van der Waals surface area contributed by atoms with Gasteiger partial charge in [-0.25, -0.2) is 4.57 Å². The second-order valence-electron chi connectivity index (χ2n) is 13.6. The maximum absolute atomic E-state index is 12.6. The molecule has 55 heavy (non-hydrogen) atoms. The summed E-state index contributed by atoms with van der Waals surface area (Å²) in [6.45, 7) is 2.18. The van der Waals surface area contributed by atoms with Gasteiger partial charge in [-0.2, -0.15) is 0 Å². The van der Waals surface area contributed by atoms with E-state index >= 15 is 0 Å². The number of aliphatic hydroxyl groups is 2. The minimum Gasteiger partial charge on any atom is -0.462 e. The lowest BCUT2D eigenvalue weighted by atomic mass is 10.1. The Hall–Kier alpha value is -2.59. The molecular formula is C44H75O10P. The largest absolute Gasteiger partial charge is 0.472 e. The molecule has 0 bridgehead atoms. The van der Waals surface area contributed by atoms with Crippen molar-refractivity contribution in [2.24, 2.45) is 0 Å². The zero-order valence-corrected chi connectivity index (χ0v) is 35.0. The molecule has 0 fully saturated rings. The molecule has 0 saturated heterocycles. The van der Waals surface area contributed by atoms with Gasteiger partial charge in [0.05, 0.1) is 19.8 Å². The molecule has 0 heterocycles. The van der Waals surface area contributed by atoms with E-state index in [9.17, 15) is 24.2 Å². The van der Waals surface area contributed by atoms with Gasteiger partial charge in [-0.1, -0.05) is 132 Å². The fourth-order valence-corrected chi connectivity index (χ4v) is 5.92. The maximum atomic E-state index is 12.6. The maximum Gasteiger partial charge on any atom is 0.472 e. The molecule has 0 spiro atoms. The molecule has 316 valence electrons. The van der Waals surface area contributed by atoms with Gasteiger partial charge in [-0.15, -0.1) is 0 Å². The summed E-state index contributed by atoms with van der Waals surface area (Å²) in [4.78, 5) is 34.9. The van der Waals surface area contributed by atoms with Crippen LogP contribution in [0.5, 0.6) is 0 Å². The predicted octanol–water partition coefficient (Wildman–Crippen LogP) is 10.9. The van der Waals surface area contributed by atoms with Gasteiger partial charge < -0.3 is 24.6 Å². The number of esters is 2. The van der Waals surface area contributed by atoms with Crippen LogP contribution in [0.25, 0.3) is 0 Å². The van der Waals surface area contributed by atoms with Gasteiger partial charge >= 0.3 is 19.8 Å². The van der Waals surface area contributed by atoms with Crippen molar-refractivity contribution in [2.45, 2.75) is 167 Å². The van der Waals surface area contributed by atoms with Crippen molar-refractivity contribution in [3.8, 4) is 0 Å². The van der Waals surface area contributed by atoms with E-state index in [1.165, 1.54) is 25.7 Å². The van der Waals surface area contributed by atoms with E-state index in [0.29, 0.717) is 12.8 Å². The standard InChI is InChI=1S/C44H75O10P/c1-3-5-7-9-11-13-15-17-18-19-20-21-22-24-26-28-30-32-34-36-44(48)54-42(40-53-55(49,50)52-38-41(46)37-45)39-51-43(47)35-33-31-29-27-25-23-16-14-12-10-8-6-4-2/h5,7,11,13-14,16-18,20-21,24,26,41-42,45-46H,3-4,6,8-10,12,15,19,22-23,25,27-40H2,1-2H3,(H,49,50)/b7-5-,13-11-,16-14-,18-17-,21-20-,26-24-. The van der Waals surface area contributed by atoms with Gasteiger partial charge in [0, 0.05) is 12.8 Å². The SMILES string of the molecule is CC/C=C\C/C=C\C/C=C\C/C=C\C/C=C\CCCCCC(=O)OC(COC(=O)CCCCCCC/C=C\CCCCCC)COP(=O)(O)OCC(O)CO. The van der Waals surface area contributed by atoms with Crippen molar-refractivity contribution < 1.29 is 47.8 Å². The molecule has 0 aliphatic carbocycles. The van der Waals surface area contributed by atoms with E-state index < -0.39 is 51.8 Å². The number of aliphatic hydroxyl groups excluding tert-OH is 2. The Morgan fingerprint density at radius 2 is 1.00 bits per heavy atom. The normalized spacial score (nSPS) is 14.6. The summed E-state index contributed by atoms with van der Waals surface area (Å²) in [5.41, 5.74) is 0. The highest BCUT2D eigenvalue weighted by Gasteiger charge is 2.27. The first kappa shape index (κ1) is 52.4. The van der Waals surface area contributed by atoms with Gasteiger partial charge in [0.25, 0.3) is 0 Å². The highest BCUT2D eigenvalue weighted by molar-refractivity contribution is 7.47. The highest BCUT2D eigenvalue weighted by Crippen LogP contribution is 2.43. The Kier molecular flexibility index (Phi) is 37.8. The van der Waals surface area contributed by atoms with Crippen molar-refractivity contribution in [2.75, 3.05) is 26.4 Å². The average molecular weight is 795 g/mol. The second kappa shape index (κ2) is 39.6. The van der Waals surface area contributed by atoms with Crippen molar-refractivity contribution in [3.63, 3.8) is 0 Å². The molecule has 3 N–H and O–H groups in total. The van der Waals surface area contributed by atoms with Gasteiger partial charge in [0.1, 0.15) is 12.7 Å². The first-order valence-corrected chi connectivity index (χ1v) is 22.4. The van der Waals surface area contributed by atoms with Gasteiger partial charge in [-0.05, 0) is 83.5 Å². The van der Waals surface area contributed by atoms with Crippen LogP contribution >= 0.6 is 7.82 Å². The minimum absolute atomic E-state index is 0.140. The van der Waals surface area contributed by atoms with Crippen LogP contribution in [0.15, 0.2) is 72.9 Å². The molecule has 0 aromatic carbocycles. The Morgan fingerprint density at radius 1 is 0.564 bits per heavy atom. The summed E-state index contributed by atoms with van der Waals surface area (Å²) in [6, 6.07) is 0. The van der Waals surface area contributed by atoms with E-state index in [1.807, 2.05) is 0 Å². The molecule has 10 nitrogen and oxygen atoms in total. The third kappa shape index (κ3) is 39.4. The van der Waals surface area contributed by atoms with Gasteiger partial charge in [0.15, 0.2) is 6.10 Å². The predicted molar refractivity (Wildman–Crippen MR) is 223 cm³/mol. The molecule has 3 atom stereocenters. The van der Waals surface area contributed by atoms with Crippen LogP contribution < -0.4 is 0 Å². The van der Waals surface area contributed by atoms with E-state index in [-0.39, 0.29) is 19.4 Å². The number of carbonyl (C=O) groups excluding carboxylic acids is 2. The molecule has 0 radical (unpaired) electrons. The lowest BCUT2D eigenvalue weighted by Crippen LogP contribution is -2.29. The number of hydrogen-bond donors (Lipinski definition) is 3. The second-order valence-corrected chi connectivity index (χ2v) is 15.1. The molecule has 0 rings (SSSR count). The zero-order chi connectivity index (χ0) is 40.5. The number of allylic oxidation sites excluding steroid dienone is 12. The lowest BCUT2D eigenvalue weighted by Gasteiger charge is -2.20. The molecule has 0 saturated carbocycles. The summed E-state index contributed by atoms with van der Waals surface area (Å²) in [5.74, 6) is -0.980. The Labute approximate surface area is 333 Å². The summed E-state index contributed by atoms with van der Waals surface area (Å²) >= 11 is 0. The molecule has 0 aromatic rings. The number of phosphoric acid groups is 1. The van der Waals surface area contributed by atoms with Crippen LogP contribution in [-0.4, -0.2) is 65.7 Å². The van der Waals surface area contributed by atoms with Crippen LogP contribution in [0.4, 0.5) is 0 Å². The fraction of sp³-hybridized carbons (Fsp3) is 0.682.